The number of rotatable bonds is 13. The third-order valence-corrected chi connectivity index (χ3v) is 5.24. The van der Waals surface area contributed by atoms with E-state index in [0.29, 0.717) is 18.5 Å². The number of aromatic hydroxyl groups is 1. The van der Waals surface area contributed by atoms with E-state index < -0.39 is 0 Å². The lowest BCUT2D eigenvalue weighted by atomic mass is 9.99. The van der Waals surface area contributed by atoms with Gasteiger partial charge >= 0.3 is 0 Å². The van der Waals surface area contributed by atoms with Crippen LogP contribution in [0.15, 0.2) is 58.8 Å². The predicted octanol–water partition coefficient (Wildman–Crippen LogP) is 7.50. The second kappa shape index (κ2) is 14.7. The average Bonchev–Trinajstić information content (AvgIpc) is 2.70. The summed E-state index contributed by atoms with van der Waals surface area (Å²) in [4.78, 5) is 4.87. The van der Waals surface area contributed by atoms with Crippen LogP contribution in [0.3, 0.4) is 0 Å². The van der Waals surface area contributed by atoms with Gasteiger partial charge in [-0.05, 0) is 75.3 Å². The summed E-state index contributed by atoms with van der Waals surface area (Å²) >= 11 is 0. The van der Waals surface area contributed by atoms with Gasteiger partial charge in [0.2, 0.25) is 0 Å². The number of phenolic OH excluding ortho intramolecular Hbond substituents is 1. The molecule has 172 valence electrons. The van der Waals surface area contributed by atoms with E-state index in [1.165, 1.54) is 31.4 Å². The lowest BCUT2D eigenvalue weighted by Crippen LogP contribution is -2.29. The fraction of sp³-hybridized carbons (Fsp3) is 0.536. The van der Waals surface area contributed by atoms with E-state index in [1.54, 1.807) is 6.07 Å². The van der Waals surface area contributed by atoms with Gasteiger partial charge < -0.3 is 10.4 Å². The second-order valence-corrected chi connectivity index (χ2v) is 8.90. The van der Waals surface area contributed by atoms with Crippen LogP contribution in [0.4, 0.5) is 0 Å². The monoisotopic (exact) mass is 424 g/mol. The van der Waals surface area contributed by atoms with Gasteiger partial charge in [-0.1, -0.05) is 64.8 Å². The van der Waals surface area contributed by atoms with Crippen molar-refractivity contribution in [3.05, 3.63) is 64.9 Å². The van der Waals surface area contributed by atoms with Gasteiger partial charge in [-0.2, -0.15) is 0 Å². The molecule has 1 rings (SSSR count). The molecule has 0 bridgehead atoms. The molecule has 1 aromatic carbocycles. The lowest BCUT2D eigenvalue weighted by Gasteiger charge is -2.22. The van der Waals surface area contributed by atoms with Gasteiger partial charge in [0.05, 0.1) is 12.3 Å². The van der Waals surface area contributed by atoms with Crippen LogP contribution in [0.5, 0.6) is 5.75 Å². The van der Waals surface area contributed by atoms with Crippen molar-refractivity contribution in [1.29, 1.82) is 0 Å². The molecule has 1 aromatic rings. The number of allylic oxidation sites excluding steroid dienone is 5. The van der Waals surface area contributed by atoms with Gasteiger partial charge in [-0.3, -0.25) is 4.99 Å². The Morgan fingerprint density at radius 2 is 1.94 bits per heavy atom. The molecular weight excluding hydrogens is 380 g/mol. The number of nitrogens with one attached hydrogen (secondary N) is 1. The lowest BCUT2D eigenvalue weighted by molar-refractivity contribution is 0.413. The minimum atomic E-state index is 0.279. The zero-order chi connectivity index (χ0) is 23.2. The number of benzene rings is 1. The summed E-state index contributed by atoms with van der Waals surface area (Å²) in [6.07, 6.45) is 14.3. The minimum Gasteiger partial charge on any atom is -0.507 e. The summed E-state index contributed by atoms with van der Waals surface area (Å²) in [6, 6.07) is 6.30. The zero-order valence-corrected chi connectivity index (χ0v) is 20.8. The van der Waals surface area contributed by atoms with Crippen LogP contribution in [0.1, 0.15) is 84.8 Å². The largest absolute Gasteiger partial charge is 0.507 e. The Hall–Kier alpha value is -2.29. The summed E-state index contributed by atoms with van der Waals surface area (Å²) in [7, 11) is 0. The topological polar surface area (TPSA) is 44.6 Å². The van der Waals surface area contributed by atoms with E-state index in [1.807, 2.05) is 19.1 Å². The zero-order valence-electron chi connectivity index (χ0n) is 20.8. The van der Waals surface area contributed by atoms with Crippen LogP contribution in [0.25, 0.3) is 0 Å². The molecule has 0 amide bonds. The minimum absolute atomic E-state index is 0.279. The van der Waals surface area contributed by atoms with Gasteiger partial charge in [0.15, 0.2) is 0 Å². The Balaban J connectivity index is 3.06. The standard InChI is InChI=1S/C28H44N2O/c1-8-10-12-13-23(6)28(26-16-15-22(5)20-27(26)31)29-18-17-24(7)30-25(14-11-9-2)19-21(3)4/h10,12-13,15-17,20-21,25,30-31H,8-9,11,14,18-19H2,1-7H3/b12-10-,23-13+,24-17+,29-28?. The van der Waals surface area contributed by atoms with Gasteiger partial charge in [0, 0.05) is 17.3 Å². The molecule has 0 saturated carbocycles. The molecular formula is C28H44N2O. The molecule has 0 spiro atoms. The van der Waals surface area contributed by atoms with Crippen molar-refractivity contribution in [2.45, 2.75) is 86.6 Å². The smallest absolute Gasteiger partial charge is 0.125 e. The number of hydrogen-bond donors (Lipinski definition) is 2. The van der Waals surface area contributed by atoms with Crippen molar-refractivity contribution < 1.29 is 5.11 Å². The molecule has 0 fully saturated rings. The van der Waals surface area contributed by atoms with E-state index in [0.717, 1.165) is 28.8 Å². The van der Waals surface area contributed by atoms with Crippen LogP contribution >= 0.6 is 0 Å². The van der Waals surface area contributed by atoms with Crippen LogP contribution in [-0.4, -0.2) is 23.4 Å². The third kappa shape index (κ3) is 10.5. The first kappa shape index (κ1) is 26.7. The van der Waals surface area contributed by atoms with Crippen molar-refractivity contribution in [3.8, 4) is 5.75 Å². The van der Waals surface area contributed by atoms with E-state index in [2.05, 4.69) is 71.2 Å². The molecule has 0 aliphatic carbocycles. The van der Waals surface area contributed by atoms with Gasteiger partial charge in [0.25, 0.3) is 0 Å². The number of aliphatic imine (C=N–C) groups is 1. The summed E-state index contributed by atoms with van der Waals surface area (Å²) in [5, 5.41) is 14.2. The van der Waals surface area contributed by atoms with Gasteiger partial charge in [-0.15, -0.1) is 0 Å². The molecule has 3 heteroatoms. The van der Waals surface area contributed by atoms with Crippen LogP contribution in [0, 0.1) is 12.8 Å². The fourth-order valence-corrected chi connectivity index (χ4v) is 3.61. The average molecular weight is 425 g/mol. The number of nitrogens with zero attached hydrogens (tertiary/aromatic N) is 1. The maximum atomic E-state index is 10.5. The fourth-order valence-electron chi connectivity index (χ4n) is 3.61. The summed E-state index contributed by atoms with van der Waals surface area (Å²) in [5.74, 6) is 0.960. The van der Waals surface area contributed by atoms with Gasteiger partial charge in [0.1, 0.15) is 5.75 Å². The van der Waals surface area contributed by atoms with Crippen molar-refractivity contribution in [3.63, 3.8) is 0 Å². The molecule has 0 aliphatic heterocycles. The first-order chi connectivity index (χ1) is 14.8. The van der Waals surface area contributed by atoms with E-state index in [4.69, 9.17) is 4.99 Å². The molecule has 31 heavy (non-hydrogen) atoms. The first-order valence-electron chi connectivity index (χ1n) is 11.9. The highest BCUT2D eigenvalue weighted by Crippen LogP contribution is 2.22. The van der Waals surface area contributed by atoms with Gasteiger partial charge in [-0.25, -0.2) is 0 Å². The Kier molecular flexibility index (Phi) is 12.7. The molecule has 0 radical (unpaired) electrons. The molecule has 3 nitrogen and oxygen atoms in total. The Morgan fingerprint density at radius 3 is 2.55 bits per heavy atom. The SMILES string of the molecule is CC/C=C\C=C(/C)C(=NC/C=C(\C)NC(CCCC)CC(C)C)c1ccc(C)cc1O. The molecule has 0 heterocycles. The van der Waals surface area contributed by atoms with Crippen molar-refractivity contribution in [2.75, 3.05) is 6.54 Å². The quantitative estimate of drug-likeness (QED) is 0.254. The molecule has 2 N–H and O–H groups in total. The Labute approximate surface area is 191 Å². The van der Waals surface area contributed by atoms with E-state index in [-0.39, 0.29) is 5.75 Å². The summed E-state index contributed by atoms with van der Waals surface area (Å²) in [5.41, 5.74) is 4.88. The van der Waals surface area contributed by atoms with Crippen molar-refractivity contribution >= 4 is 5.71 Å². The number of phenols is 1. The first-order valence-corrected chi connectivity index (χ1v) is 11.9. The second-order valence-electron chi connectivity index (χ2n) is 8.90. The molecule has 1 atom stereocenters. The van der Waals surface area contributed by atoms with Crippen LogP contribution in [-0.2, 0) is 0 Å². The van der Waals surface area contributed by atoms with E-state index in [9.17, 15) is 5.11 Å². The highest BCUT2D eigenvalue weighted by atomic mass is 16.3. The van der Waals surface area contributed by atoms with Crippen LogP contribution in [0.2, 0.25) is 0 Å². The molecule has 1 unspecified atom stereocenters. The molecule has 0 saturated heterocycles. The van der Waals surface area contributed by atoms with Crippen molar-refractivity contribution in [1.82, 2.24) is 5.32 Å². The van der Waals surface area contributed by atoms with E-state index >= 15 is 0 Å². The number of unbranched alkanes of at least 4 members (excludes halogenated alkanes) is 1. The third-order valence-electron chi connectivity index (χ3n) is 5.24. The normalized spacial score (nSPS) is 14.5. The highest BCUT2D eigenvalue weighted by Gasteiger charge is 2.12. The highest BCUT2D eigenvalue weighted by molar-refractivity contribution is 6.14. The van der Waals surface area contributed by atoms with Crippen LogP contribution < -0.4 is 5.32 Å². The number of hydrogen-bond acceptors (Lipinski definition) is 3. The maximum Gasteiger partial charge on any atom is 0.125 e. The summed E-state index contributed by atoms with van der Waals surface area (Å²) in [6.45, 7) is 15.7. The summed E-state index contributed by atoms with van der Waals surface area (Å²) < 4.78 is 0. The maximum absolute atomic E-state index is 10.5. The number of aryl methyl sites for hydroxylation is 1. The predicted molar refractivity (Wildman–Crippen MR) is 137 cm³/mol. The molecule has 0 aliphatic rings. The van der Waals surface area contributed by atoms with Crippen molar-refractivity contribution in [2.24, 2.45) is 10.9 Å². The molecule has 0 aromatic heterocycles. The Bertz CT molecular complexity index is 784. The Morgan fingerprint density at radius 1 is 1.19 bits per heavy atom.